The van der Waals surface area contributed by atoms with Crippen LogP contribution in [0, 0.1) is 0 Å². The molecule has 1 aromatic rings. The Balaban J connectivity index is 2.44. The molecule has 0 spiro atoms. The van der Waals surface area contributed by atoms with E-state index < -0.39 is 22.9 Å². The molecular formula is C10H6FNO2S. The van der Waals surface area contributed by atoms with Crippen LogP contribution in [0.15, 0.2) is 30.3 Å². The lowest BCUT2D eigenvalue weighted by Crippen LogP contribution is -2.21. The van der Waals surface area contributed by atoms with Crippen LogP contribution in [-0.4, -0.2) is 21.8 Å². The van der Waals surface area contributed by atoms with E-state index in [9.17, 15) is 14.1 Å². The number of nitrogens with zero attached hydrogens (tertiary/aromatic N) is 1. The van der Waals surface area contributed by atoms with Crippen molar-refractivity contribution in [3.63, 3.8) is 0 Å². The van der Waals surface area contributed by atoms with E-state index in [1.807, 2.05) is 0 Å². The van der Waals surface area contributed by atoms with E-state index in [4.69, 9.17) is 12.2 Å². The molecule has 1 atom stereocenters. The minimum absolute atomic E-state index is 0.186. The van der Waals surface area contributed by atoms with Crippen molar-refractivity contribution in [3.05, 3.63) is 35.9 Å². The molecule has 1 saturated heterocycles. The Hall–Kier alpha value is -1.62. The number of thiocarbonyl (C=S) groups is 1. The third-order valence-corrected chi connectivity index (χ3v) is 2.63. The predicted octanol–water partition coefficient (Wildman–Crippen LogP) is 1.39. The van der Waals surface area contributed by atoms with Gasteiger partial charge in [-0.2, -0.15) is 0 Å². The van der Waals surface area contributed by atoms with Gasteiger partial charge in [-0.15, -0.1) is 5.12 Å². The smallest absolute Gasteiger partial charge is 0.271 e. The summed E-state index contributed by atoms with van der Waals surface area (Å²) in [5, 5.41) is -0.417. The molecule has 2 amide bonds. The Bertz CT molecular complexity index is 446. The van der Waals surface area contributed by atoms with E-state index in [2.05, 4.69) is 0 Å². The van der Waals surface area contributed by atoms with Gasteiger partial charge in [0.15, 0.2) is 0 Å². The number of carbonyl (C=O) groups excluding carboxylic acids is 2. The molecule has 15 heavy (non-hydrogen) atoms. The highest BCUT2D eigenvalue weighted by Crippen LogP contribution is 2.27. The third kappa shape index (κ3) is 1.45. The van der Waals surface area contributed by atoms with E-state index in [1.165, 1.54) is 0 Å². The summed E-state index contributed by atoms with van der Waals surface area (Å²) >= 11 is 4.75. The van der Waals surface area contributed by atoms with Crippen molar-refractivity contribution in [1.82, 2.24) is 5.12 Å². The Morgan fingerprint density at radius 1 is 1.20 bits per heavy atom. The molecule has 76 valence electrons. The SMILES string of the molecule is O=C1C(=S)C(c2ccccc2)C(=O)N1F. The maximum atomic E-state index is 12.9. The molecule has 1 unspecified atom stereocenters. The fourth-order valence-corrected chi connectivity index (χ4v) is 1.80. The summed E-state index contributed by atoms with van der Waals surface area (Å²) in [6.45, 7) is 0. The quantitative estimate of drug-likeness (QED) is 0.410. The van der Waals surface area contributed by atoms with Crippen LogP contribution < -0.4 is 0 Å². The van der Waals surface area contributed by atoms with Crippen molar-refractivity contribution in [2.75, 3.05) is 0 Å². The van der Waals surface area contributed by atoms with Crippen molar-refractivity contribution in [2.45, 2.75) is 5.92 Å². The molecule has 0 bridgehead atoms. The molecule has 2 rings (SSSR count). The van der Waals surface area contributed by atoms with Gasteiger partial charge in [-0.3, -0.25) is 9.59 Å². The first kappa shape index (κ1) is 9.92. The minimum Gasteiger partial charge on any atom is -0.271 e. The lowest BCUT2D eigenvalue weighted by atomic mass is 9.98. The van der Waals surface area contributed by atoms with Crippen LogP contribution in [0.3, 0.4) is 0 Å². The lowest BCUT2D eigenvalue weighted by Gasteiger charge is -2.05. The zero-order valence-corrected chi connectivity index (χ0v) is 8.33. The maximum Gasteiger partial charge on any atom is 0.296 e. The lowest BCUT2D eigenvalue weighted by molar-refractivity contribution is -0.153. The number of benzene rings is 1. The van der Waals surface area contributed by atoms with Crippen LogP contribution >= 0.6 is 12.2 Å². The molecule has 0 saturated carbocycles. The first-order valence-electron chi connectivity index (χ1n) is 4.26. The number of halogens is 1. The van der Waals surface area contributed by atoms with Crippen molar-refractivity contribution in [2.24, 2.45) is 0 Å². The zero-order chi connectivity index (χ0) is 11.0. The monoisotopic (exact) mass is 223 g/mol. The highest BCUT2D eigenvalue weighted by molar-refractivity contribution is 7.82. The molecule has 1 aromatic carbocycles. The molecule has 1 fully saturated rings. The van der Waals surface area contributed by atoms with E-state index in [1.54, 1.807) is 30.3 Å². The first-order valence-corrected chi connectivity index (χ1v) is 4.66. The van der Waals surface area contributed by atoms with Crippen LogP contribution in [0.5, 0.6) is 0 Å². The summed E-state index contributed by atoms with van der Waals surface area (Å²) < 4.78 is 12.9. The number of hydrogen-bond acceptors (Lipinski definition) is 3. The summed E-state index contributed by atoms with van der Waals surface area (Å²) in [5.74, 6) is -2.88. The van der Waals surface area contributed by atoms with Crippen LogP contribution in [0.1, 0.15) is 11.5 Å². The van der Waals surface area contributed by atoms with Gasteiger partial charge >= 0.3 is 0 Å². The normalized spacial score (nSPS) is 21.3. The molecule has 0 aromatic heterocycles. The Morgan fingerprint density at radius 2 is 1.80 bits per heavy atom. The van der Waals surface area contributed by atoms with Gasteiger partial charge in [0.25, 0.3) is 11.8 Å². The molecule has 3 nitrogen and oxygen atoms in total. The van der Waals surface area contributed by atoms with E-state index in [-0.39, 0.29) is 4.86 Å². The largest absolute Gasteiger partial charge is 0.296 e. The van der Waals surface area contributed by atoms with Crippen molar-refractivity contribution >= 4 is 28.9 Å². The summed E-state index contributed by atoms with van der Waals surface area (Å²) in [6.07, 6.45) is 0. The zero-order valence-electron chi connectivity index (χ0n) is 7.51. The average molecular weight is 223 g/mol. The summed E-state index contributed by atoms with van der Waals surface area (Å²) in [6, 6.07) is 8.46. The number of rotatable bonds is 1. The second kappa shape index (κ2) is 3.51. The van der Waals surface area contributed by atoms with E-state index >= 15 is 0 Å². The van der Waals surface area contributed by atoms with Crippen LogP contribution in [0.4, 0.5) is 4.48 Å². The minimum atomic E-state index is -1.02. The fourth-order valence-electron chi connectivity index (χ4n) is 1.49. The van der Waals surface area contributed by atoms with Gasteiger partial charge in [0.1, 0.15) is 5.92 Å². The summed E-state index contributed by atoms with van der Waals surface area (Å²) in [4.78, 5) is 22.3. The van der Waals surface area contributed by atoms with Crippen molar-refractivity contribution in [1.29, 1.82) is 0 Å². The van der Waals surface area contributed by atoms with E-state index in [0.717, 1.165) is 0 Å². The molecular weight excluding hydrogens is 217 g/mol. The Kier molecular flexibility index (Phi) is 2.32. The van der Waals surface area contributed by atoms with Crippen LogP contribution in [-0.2, 0) is 9.59 Å². The fraction of sp³-hybridized carbons (Fsp3) is 0.100. The first-order chi connectivity index (χ1) is 7.13. The standard InChI is InChI=1S/C10H6FNO2S/c11-12-9(13)7(8(15)10(12)14)6-4-2-1-3-5-6/h1-5,7H. The van der Waals surface area contributed by atoms with Crippen LogP contribution in [0.2, 0.25) is 0 Å². The average Bonchev–Trinajstić information content (AvgIpc) is 2.45. The Morgan fingerprint density at radius 3 is 2.27 bits per heavy atom. The molecule has 0 aliphatic carbocycles. The van der Waals surface area contributed by atoms with Gasteiger partial charge in [0.05, 0.1) is 4.86 Å². The highest BCUT2D eigenvalue weighted by Gasteiger charge is 2.45. The van der Waals surface area contributed by atoms with Gasteiger partial charge in [0.2, 0.25) is 0 Å². The predicted molar refractivity (Wildman–Crippen MR) is 54.7 cm³/mol. The number of hydrogen-bond donors (Lipinski definition) is 0. The molecule has 5 heteroatoms. The van der Waals surface area contributed by atoms with Crippen LogP contribution in [0.25, 0.3) is 0 Å². The third-order valence-electron chi connectivity index (χ3n) is 2.22. The summed E-state index contributed by atoms with van der Waals surface area (Å²) in [7, 11) is 0. The second-order valence-corrected chi connectivity index (χ2v) is 3.57. The second-order valence-electron chi connectivity index (χ2n) is 3.13. The van der Waals surface area contributed by atoms with Crippen molar-refractivity contribution < 1.29 is 14.1 Å². The topological polar surface area (TPSA) is 37.4 Å². The molecule has 0 N–H and O–H groups in total. The molecule has 1 aliphatic heterocycles. The van der Waals surface area contributed by atoms with Gasteiger partial charge in [-0.25, -0.2) is 0 Å². The Labute approximate surface area is 90.4 Å². The van der Waals surface area contributed by atoms with Gasteiger partial charge in [-0.05, 0) is 5.56 Å². The van der Waals surface area contributed by atoms with E-state index in [0.29, 0.717) is 5.56 Å². The van der Waals surface area contributed by atoms with Gasteiger partial charge in [0, 0.05) is 0 Å². The summed E-state index contributed by atoms with van der Waals surface area (Å²) in [5.41, 5.74) is 0.543. The van der Waals surface area contributed by atoms with Gasteiger partial charge < -0.3 is 0 Å². The molecule has 0 radical (unpaired) electrons. The van der Waals surface area contributed by atoms with Gasteiger partial charge in [-0.1, -0.05) is 47.0 Å². The molecule has 1 aliphatic rings. The van der Waals surface area contributed by atoms with Crippen molar-refractivity contribution in [3.8, 4) is 0 Å². The number of carbonyl (C=O) groups is 2. The number of amides is 2. The highest BCUT2D eigenvalue weighted by atomic mass is 32.1. The molecule has 1 heterocycles. The number of imide groups is 1. The maximum absolute atomic E-state index is 12.9.